The molecule has 2 aromatic carbocycles. The number of alkyl halides is 3. The number of guanidine groups is 1. The number of aliphatic hydroxyl groups is 1. The van der Waals surface area contributed by atoms with Crippen molar-refractivity contribution in [3.8, 4) is 11.9 Å². The lowest BCUT2D eigenvalue weighted by Gasteiger charge is -2.45. The van der Waals surface area contributed by atoms with E-state index in [1.807, 2.05) is 0 Å². The molecule has 0 saturated carbocycles. The van der Waals surface area contributed by atoms with E-state index in [2.05, 4.69) is 4.99 Å². The summed E-state index contributed by atoms with van der Waals surface area (Å²) < 4.78 is 57.0. The number of halogens is 3. The first kappa shape index (κ1) is 26.7. The first-order chi connectivity index (χ1) is 16.9. The van der Waals surface area contributed by atoms with Crippen molar-refractivity contribution in [1.29, 1.82) is 5.26 Å². The van der Waals surface area contributed by atoms with Crippen molar-refractivity contribution in [3.05, 3.63) is 63.7 Å². The van der Waals surface area contributed by atoms with E-state index in [4.69, 9.17) is 19.9 Å². The second kappa shape index (κ2) is 9.97. The smallest absolute Gasteiger partial charge is 0.418 e. The van der Waals surface area contributed by atoms with Gasteiger partial charge >= 0.3 is 6.18 Å². The highest BCUT2D eigenvalue weighted by atomic mass is 19.4. The molecule has 3 atom stereocenters. The van der Waals surface area contributed by atoms with Gasteiger partial charge in [-0.2, -0.15) is 18.4 Å². The Hall–Kier alpha value is -3.93. The molecule has 0 aliphatic carbocycles. The molecule has 192 valence electrons. The van der Waals surface area contributed by atoms with Gasteiger partial charge in [0.2, 0.25) is 5.96 Å². The number of ether oxygens (including phenoxy) is 3. The Morgan fingerprint density at radius 3 is 2.53 bits per heavy atom. The molecule has 3 N–H and O–H groups in total. The van der Waals surface area contributed by atoms with Crippen molar-refractivity contribution in [2.24, 2.45) is 10.7 Å². The van der Waals surface area contributed by atoms with Gasteiger partial charge in [-0.1, -0.05) is 12.1 Å². The second-order valence-electron chi connectivity index (χ2n) is 7.90. The van der Waals surface area contributed by atoms with Crippen molar-refractivity contribution >= 4 is 17.3 Å². The van der Waals surface area contributed by atoms with Crippen LogP contribution in [0.15, 0.2) is 47.5 Å². The Morgan fingerprint density at radius 1 is 1.33 bits per heavy atom. The fourth-order valence-electron chi connectivity index (χ4n) is 3.98. The summed E-state index contributed by atoms with van der Waals surface area (Å²) in [6, 6.07) is 6.35. The molecule has 3 rings (SSSR count). The van der Waals surface area contributed by atoms with Gasteiger partial charge in [-0.3, -0.25) is 10.1 Å². The third-order valence-corrected chi connectivity index (χ3v) is 5.69. The Bertz CT molecular complexity index is 1210. The third kappa shape index (κ3) is 4.76. The van der Waals surface area contributed by atoms with Crippen LogP contribution >= 0.6 is 0 Å². The fraction of sp³-hybridized carbons (Fsp3) is 0.364. The van der Waals surface area contributed by atoms with Gasteiger partial charge in [0, 0.05) is 31.9 Å². The van der Waals surface area contributed by atoms with Crippen molar-refractivity contribution in [3.63, 3.8) is 0 Å². The van der Waals surface area contributed by atoms with Crippen LogP contribution in [0.3, 0.4) is 0 Å². The van der Waals surface area contributed by atoms with Crippen molar-refractivity contribution in [2.45, 2.75) is 37.1 Å². The van der Waals surface area contributed by atoms with E-state index in [0.29, 0.717) is 4.90 Å². The van der Waals surface area contributed by atoms with Crippen LogP contribution in [0.5, 0.6) is 5.75 Å². The van der Waals surface area contributed by atoms with Crippen LogP contribution in [0.4, 0.5) is 24.5 Å². The number of benzene rings is 2. The molecule has 0 saturated heterocycles. The highest BCUT2D eigenvalue weighted by Crippen LogP contribution is 2.45. The number of non-ortho nitro benzene ring substituents is 1. The molecule has 0 spiro atoms. The number of nitrogens with zero attached hydrogens (tertiary/aromatic N) is 4. The maximum atomic E-state index is 13.5. The lowest BCUT2D eigenvalue weighted by atomic mass is 9.84. The Labute approximate surface area is 203 Å². The van der Waals surface area contributed by atoms with Crippen LogP contribution in [0.2, 0.25) is 0 Å². The molecule has 11 nitrogen and oxygen atoms in total. The average Bonchev–Trinajstić information content (AvgIpc) is 2.82. The van der Waals surface area contributed by atoms with E-state index in [9.17, 15) is 33.7 Å². The van der Waals surface area contributed by atoms with Gasteiger partial charge in [0.25, 0.3) is 5.69 Å². The third-order valence-electron chi connectivity index (χ3n) is 5.69. The number of nitrogens with two attached hydrogens (primary N) is 1. The number of hydrogen-bond acceptors (Lipinski definition) is 8. The Morgan fingerprint density at radius 2 is 1.97 bits per heavy atom. The number of anilines is 1. The maximum Gasteiger partial charge on any atom is 0.418 e. The van der Waals surface area contributed by atoms with Crippen LogP contribution in [0, 0.1) is 21.6 Å². The number of para-hydroxylation sites is 1. The summed E-state index contributed by atoms with van der Waals surface area (Å²) >= 11 is 0. The van der Waals surface area contributed by atoms with Crippen LogP contribution < -0.4 is 15.4 Å². The van der Waals surface area contributed by atoms with Gasteiger partial charge in [0.05, 0.1) is 16.2 Å². The van der Waals surface area contributed by atoms with Crippen molar-refractivity contribution in [1.82, 2.24) is 0 Å². The van der Waals surface area contributed by atoms with Crippen LogP contribution in [0.25, 0.3) is 0 Å². The first-order valence-corrected chi connectivity index (χ1v) is 10.3. The molecule has 0 bridgehead atoms. The monoisotopic (exact) mass is 509 g/mol. The van der Waals surface area contributed by atoms with Crippen LogP contribution in [-0.2, 0) is 15.7 Å². The van der Waals surface area contributed by atoms with E-state index in [-0.39, 0.29) is 17.0 Å². The minimum Gasteiger partial charge on any atom is -0.479 e. The predicted octanol–water partition coefficient (Wildman–Crippen LogP) is 3.09. The summed E-state index contributed by atoms with van der Waals surface area (Å²) in [5.74, 6) is -0.639. The zero-order valence-corrected chi connectivity index (χ0v) is 19.3. The largest absolute Gasteiger partial charge is 0.479 e. The van der Waals surface area contributed by atoms with Gasteiger partial charge in [0.15, 0.2) is 18.1 Å². The molecule has 0 fully saturated rings. The number of methoxy groups -OCH3 is 2. The van der Waals surface area contributed by atoms with E-state index in [1.165, 1.54) is 33.3 Å². The lowest BCUT2D eigenvalue weighted by molar-refractivity contribution is -0.385. The average molecular weight is 509 g/mol. The van der Waals surface area contributed by atoms with Crippen molar-refractivity contribution in [2.75, 3.05) is 19.1 Å². The highest BCUT2D eigenvalue weighted by molar-refractivity contribution is 5.98. The van der Waals surface area contributed by atoms with Gasteiger partial charge in [-0.05, 0) is 25.1 Å². The number of aliphatic hydroxyl groups excluding tert-OH is 1. The number of nitro benzene ring substituents is 1. The van der Waals surface area contributed by atoms with E-state index in [0.717, 1.165) is 30.3 Å². The molecule has 0 unspecified atom stereocenters. The van der Waals surface area contributed by atoms with Gasteiger partial charge < -0.3 is 25.1 Å². The van der Waals surface area contributed by atoms with Crippen LogP contribution in [0.1, 0.15) is 24.1 Å². The number of aliphatic imine (C=N–C) groups is 1. The number of rotatable bonds is 6. The molecule has 1 aliphatic rings. The highest BCUT2D eigenvalue weighted by Gasteiger charge is 2.53. The normalized spacial score (nSPS) is 21.9. The van der Waals surface area contributed by atoms with Crippen LogP contribution in [-0.4, -0.2) is 48.2 Å². The summed E-state index contributed by atoms with van der Waals surface area (Å²) in [6.07, 6.45) is -6.03. The van der Waals surface area contributed by atoms with E-state index in [1.54, 1.807) is 6.19 Å². The predicted molar refractivity (Wildman–Crippen MR) is 120 cm³/mol. The summed E-state index contributed by atoms with van der Waals surface area (Å²) in [5, 5.41) is 32.2. The zero-order chi connectivity index (χ0) is 26.8. The lowest BCUT2D eigenvalue weighted by Crippen LogP contribution is -2.59. The van der Waals surface area contributed by atoms with E-state index < -0.39 is 52.3 Å². The molecular formula is C22H22F3N5O6. The zero-order valence-electron chi connectivity index (χ0n) is 19.3. The summed E-state index contributed by atoms with van der Waals surface area (Å²) in [7, 11) is 2.58. The van der Waals surface area contributed by atoms with Gasteiger partial charge in [0.1, 0.15) is 17.9 Å². The standard InChI is InChI=1S/C22H22F3N5O6/c1-21(19(34-2)35-3)18(31)17(13-10-12(30(32)33)8-9-16(13)36-21)28-20(27)29(11-26)15-7-5-4-6-14(15)22(23,24)25/h4-10,17-19,31H,1-3H3,(H2,27,28)/t17-,18+,21+/m1/s1. The molecule has 0 amide bonds. The molecule has 1 aliphatic heterocycles. The Balaban J connectivity index is 2.19. The number of nitriles is 1. The fourth-order valence-corrected chi connectivity index (χ4v) is 3.98. The number of hydrogen-bond donors (Lipinski definition) is 2. The molecule has 1 heterocycles. The van der Waals surface area contributed by atoms with Gasteiger partial charge in [-0.25, -0.2) is 9.89 Å². The topological polar surface area (TPSA) is 156 Å². The van der Waals surface area contributed by atoms with E-state index >= 15 is 0 Å². The quantitative estimate of drug-likeness (QED) is 0.114. The summed E-state index contributed by atoms with van der Waals surface area (Å²) in [4.78, 5) is 15.2. The molecule has 0 radical (unpaired) electrons. The Kier molecular flexibility index (Phi) is 7.39. The number of nitro groups is 1. The molecule has 2 aromatic rings. The summed E-state index contributed by atoms with van der Waals surface area (Å²) in [5.41, 5.74) is 2.28. The molecule has 36 heavy (non-hydrogen) atoms. The minimum absolute atomic E-state index is 0.0186. The first-order valence-electron chi connectivity index (χ1n) is 10.3. The molecule has 14 heteroatoms. The molecule has 0 aromatic heterocycles. The summed E-state index contributed by atoms with van der Waals surface area (Å²) in [6.45, 7) is 1.43. The van der Waals surface area contributed by atoms with Crippen molar-refractivity contribution < 1.29 is 37.4 Å². The second-order valence-corrected chi connectivity index (χ2v) is 7.90. The SMILES string of the molecule is COC(OC)[C@@]1(C)Oc2ccc([N+](=O)[O-])cc2[C@@H](N=C(N)N(C#N)c2ccccc2C(F)(F)F)[C@@H]1O. The van der Waals surface area contributed by atoms with Gasteiger partial charge in [-0.15, -0.1) is 0 Å². The molecular weight excluding hydrogens is 487 g/mol. The maximum absolute atomic E-state index is 13.5. The minimum atomic E-state index is -4.81. The number of fused-ring (bicyclic) bond motifs is 1.